The lowest BCUT2D eigenvalue weighted by Crippen LogP contribution is -2.33. The number of nitriles is 1. The zero-order chi connectivity index (χ0) is 14.1. The van der Waals surface area contributed by atoms with Crippen molar-refractivity contribution in [3.63, 3.8) is 0 Å². The molecule has 2 heterocycles. The van der Waals surface area contributed by atoms with E-state index in [1.54, 1.807) is 6.20 Å². The van der Waals surface area contributed by atoms with E-state index in [1.165, 1.54) is 12.6 Å². The quantitative estimate of drug-likeness (QED) is 0.816. The Morgan fingerprint density at radius 2 is 2.05 bits per heavy atom. The Hall–Kier alpha value is -1.67. The lowest BCUT2D eigenvalue weighted by Gasteiger charge is -2.22. The molecule has 0 aromatic carbocycles. The van der Waals surface area contributed by atoms with Crippen LogP contribution in [0.3, 0.4) is 0 Å². The van der Waals surface area contributed by atoms with Gasteiger partial charge in [-0.1, -0.05) is 13.8 Å². The molecule has 2 aliphatic rings. The first-order valence-electron chi connectivity index (χ1n) is 7.38. The molecule has 1 aromatic heterocycles. The standard InChI is InChI=1S/C15H21N5/c1-11-9-19(14-5-12(14)2)3-4-20(10-11)15-8-17-7-13(6-16)18-15/h7-8,11-12,14H,3-5,9-10H2,1-2H3. The molecule has 106 valence electrons. The summed E-state index contributed by atoms with van der Waals surface area (Å²) in [5, 5.41) is 8.94. The summed E-state index contributed by atoms with van der Waals surface area (Å²) in [6.07, 6.45) is 4.63. The van der Waals surface area contributed by atoms with Crippen LogP contribution in [0.1, 0.15) is 26.0 Å². The summed E-state index contributed by atoms with van der Waals surface area (Å²) in [4.78, 5) is 13.4. The van der Waals surface area contributed by atoms with Crippen LogP contribution in [0.15, 0.2) is 12.4 Å². The predicted molar refractivity (Wildman–Crippen MR) is 77.3 cm³/mol. The predicted octanol–water partition coefficient (Wildman–Crippen LogP) is 1.51. The van der Waals surface area contributed by atoms with E-state index in [0.29, 0.717) is 11.6 Å². The maximum Gasteiger partial charge on any atom is 0.161 e. The zero-order valence-corrected chi connectivity index (χ0v) is 12.2. The van der Waals surface area contributed by atoms with E-state index in [9.17, 15) is 0 Å². The summed E-state index contributed by atoms with van der Waals surface area (Å²) in [6, 6.07) is 2.85. The summed E-state index contributed by atoms with van der Waals surface area (Å²) >= 11 is 0. The van der Waals surface area contributed by atoms with Crippen molar-refractivity contribution < 1.29 is 0 Å². The van der Waals surface area contributed by atoms with Crippen LogP contribution in [0, 0.1) is 23.2 Å². The molecule has 3 rings (SSSR count). The second-order valence-electron chi connectivity index (χ2n) is 6.20. The van der Waals surface area contributed by atoms with Gasteiger partial charge in [-0.25, -0.2) is 4.98 Å². The smallest absolute Gasteiger partial charge is 0.161 e. The first-order valence-corrected chi connectivity index (χ1v) is 7.38. The third-order valence-electron chi connectivity index (χ3n) is 4.33. The first kappa shape index (κ1) is 13.3. The van der Waals surface area contributed by atoms with Crippen LogP contribution in [0.5, 0.6) is 0 Å². The number of hydrogen-bond acceptors (Lipinski definition) is 5. The molecular weight excluding hydrogens is 250 g/mol. The molecule has 5 heteroatoms. The van der Waals surface area contributed by atoms with Crippen LogP contribution in [-0.4, -0.2) is 47.1 Å². The van der Waals surface area contributed by atoms with Crippen molar-refractivity contribution in [2.45, 2.75) is 26.3 Å². The van der Waals surface area contributed by atoms with Crippen LogP contribution in [-0.2, 0) is 0 Å². The lowest BCUT2D eigenvalue weighted by atomic mass is 10.1. The second-order valence-corrected chi connectivity index (χ2v) is 6.20. The summed E-state index contributed by atoms with van der Waals surface area (Å²) < 4.78 is 0. The van der Waals surface area contributed by atoms with E-state index in [2.05, 4.69) is 39.7 Å². The van der Waals surface area contributed by atoms with E-state index >= 15 is 0 Å². The summed E-state index contributed by atoms with van der Waals surface area (Å²) in [6.45, 7) is 8.83. The van der Waals surface area contributed by atoms with Gasteiger partial charge in [0.05, 0.1) is 12.4 Å². The molecule has 1 saturated heterocycles. The van der Waals surface area contributed by atoms with Crippen molar-refractivity contribution in [2.75, 3.05) is 31.1 Å². The van der Waals surface area contributed by atoms with E-state index < -0.39 is 0 Å². The van der Waals surface area contributed by atoms with Gasteiger partial charge < -0.3 is 4.90 Å². The molecule has 0 spiro atoms. The highest BCUT2D eigenvalue weighted by molar-refractivity contribution is 5.38. The molecule has 1 saturated carbocycles. The average Bonchev–Trinajstić information content (AvgIpc) is 3.21. The van der Waals surface area contributed by atoms with Gasteiger partial charge in [0, 0.05) is 32.2 Å². The molecule has 3 atom stereocenters. The van der Waals surface area contributed by atoms with Gasteiger partial charge >= 0.3 is 0 Å². The van der Waals surface area contributed by atoms with Crippen molar-refractivity contribution in [2.24, 2.45) is 11.8 Å². The van der Waals surface area contributed by atoms with Gasteiger partial charge in [0.2, 0.25) is 0 Å². The number of hydrogen-bond donors (Lipinski definition) is 0. The molecule has 5 nitrogen and oxygen atoms in total. The Morgan fingerprint density at radius 3 is 2.75 bits per heavy atom. The molecule has 20 heavy (non-hydrogen) atoms. The van der Waals surface area contributed by atoms with Gasteiger partial charge in [-0.05, 0) is 18.3 Å². The van der Waals surface area contributed by atoms with Crippen LogP contribution in [0.25, 0.3) is 0 Å². The Morgan fingerprint density at radius 1 is 1.25 bits per heavy atom. The fourth-order valence-electron chi connectivity index (χ4n) is 3.15. The van der Waals surface area contributed by atoms with Crippen molar-refractivity contribution >= 4 is 5.82 Å². The fraction of sp³-hybridized carbons (Fsp3) is 0.667. The SMILES string of the molecule is CC1CN(c2cncc(C#N)n2)CCN(C2CC2C)C1. The molecule has 0 N–H and O–H groups in total. The first-order chi connectivity index (χ1) is 9.67. The van der Waals surface area contributed by atoms with Gasteiger partial charge in [-0.15, -0.1) is 0 Å². The minimum Gasteiger partial charge on any atom is -0.354 e. The van der Waals surface area contributed by atoms with Crippen molar-refractivity contribution in [3.05, 3.63) is 18.1 Å². The van der Waals surface area contributed by atoms with Gasteiger partial charge in [-0.3, -0.25) is 9.88 Å². The maximum atomic E-state index is 8.94. The van der Waals surface area contributed by atoms with Crippen molar-refractivity contribution in [3.8, 4) is 6.07 Å². The van der Waals surface area contributed by atoms with E-state index in [0.717, 1.165) is 44.0 Å². The monoisotopic (exact) mass is 271 g/mol. The minimum absolute atomic E-state index is 0.395. The molecule has 1 aromatic rings. The van der Waals surface area contributed by atoms with E-state index in [1.807, 2.05) is 0 Å². The highest BCUT2D eigenvalue weighted by Crippen LogP contribution is 2.36. The summed E-state index contributed by atoms with van der Waals surface area (Å²) in [7, 11) is 0. The lowest BCUT2D eigenvalue weighted by molar-refractivity contribution is 0.246. The molecule has 2 fully saturated rings. The van der Waals surface area contributed by atoms with Crippen molar-refractivity contribution in [1.29, 1.82) is 5.26 Å². The largest absolute Gasteiger partial charge is 0.354 e. The normalized spacial score (nSPS) is 30.6. The molecular formula is C15H21N5. The second kappa shape index (κ2) is 5.37. The number of aromatic nitrogens is 2. The van der Waals surface area contributed by atoms with Gasteiger partial charge in [0.1, 0.15) is 11.9 Å². The zero-order valence-electron chi connectivity index (χ0n) is 12.2. The summed E-state index contributed by atoms with van der Waals surface area (Å²) in [5.74, 6) is 2.30. The Labute approximate surface area is 120 Å². The molecule has 1 aliphatic heterocycles. The number of rotatable bonds is 2. The van der Waals surface area contributed by atoms with E-state index in [4.69, 9.17) is 5.26 Å². The molecule has 0 bridgehead atoms. The molecule has 3 unspecified atom stereocenters. The Bertz CT molecular complexity index is 523. The topological polar surface area (TPSA) is 56.1 Å². The third-order valence-corrected chi connectivity index (χ3v) is 4.33. The number of nitrogens with zero attached hydrogens (tertiary/aromatic N) is 5. The Balaban J connectivity index is 1.72. The van der Waals surface area contributed by atoms with Gasteiger partial charge in [0.15, 0.2) is 5.69 Å². The minimum atomic E-state index is 0.395. The van der Waals surface area contributed by atoms with Gasteiger partial charge in [-0.2, -0.15) is 5.26 Å². The molecule has 0 radical (unpaired) electrons. The highest BCUT2D eigenvalue weighted by Gasteiger charge is 2.39. The average molecular weight is 271 g/mol. The van der Waals surface area contributed by atoms with E-state index in [-0.39, 0.29) is 0 Å². The van der Waals surface area contributed by atoms with Crippen LogP contribution in [0.2, 0.25) is 0 Å². The van der Waals surface area contributed by atoms with Crippen LogP contribution < -0.4 is 4.90 Å². The van der Waals surface area contributed by atoms with Crippen molar-refractivity contribution in [1.82, 2.24) is 14.9 Å². The van der Waals surface area contributed by atoms with Gasteiger partial charge in [0.25, 0.3) is 0 Å². The number of anilines is 1. The Kier molecular flexibility index (Phi) is 3.58. The summed E-state index contributed by atoms with van der Waals surface area (Å²) in [5.41, 5.74) is 0.395. The van der Waals surface area contributed by atoms with Crippen LogP contribution in [0.4, 0.5) is 5.82 Å². The fourth-order valence-corrected chi connectivity index (χ4v) is 3.15. The molecule has 1 aliphatic carbocycles. The maximum absolute atomic E-state index is 8.94. The molecule has 0 amide bonds. The van der Waals surface area contributed by atoms with Crippen LogP contribution >= 0.6 is 0 Å². The third kappa shape index (κ3) is 2.75. The highest BCUT2D eigenvalue weighted by atomic mass is 15.3.